The normalized spacial score (nSPS) is 9.16. The molecule has 0 aliphatic carbocycles. The van der Waals surface area contributed by atoms with E-state index in [0.29, 0.717) is 0 Å². The fourth-order valence-electron chi connectivity index (χ4n) is 1.41. The van der Waals surface area contributed by atoms with E-state index in [4.69, 9.17) is 16.3 Å². The van der Waals surface area contributed by atoms with E-state index in [2.05, 4.69) is 0 Å². The van der Waals surface area contributed by atoms with E-state index in [1.807, 2.05) is 0 Å². The summed E-state index contributed by atoms with van der Waals surface area (Å²) in [6.07, 6.45) is 0. The average molecular weight is 259 g/mol. The molecule has 0 spiro atoms. The number of anilines is 1. The molecular weight excluding hydrogens is 250 g/mol. The number of carbonyl (C=O) groups is 1. The number of hydrogen-bond donors (Lipinski definition) is 1. The topological polar surface area (TPSA) is 137 Å². The molecule has 1 rings (SSSR count). The number of nitro groups is 1. The molecule has 0 atom stereocenters. The maximum Gasteiger partial charge on any atom is 0.292 e. The van der Waals surface area contributed by atoms with Gasteiger partial charge in [-0.05, 0) is 12.1 Å². The van der Waals surface area contributed by atoms with E-state index in [-0.39, 0.29) is 30.0 Å². The first-order valence-electron chi connectivity index (χ1n) is 5.08. The fourth-order valence-corrected chi connectivity index (χ4v) is 1.41. The minimum absolute atomic E-state index is 0.0913. The zero-order chi connectivity index (χ0) is 14.4. The molecule has 0 heterocycles. The van der Waals surface area contributed by atoms with Crippen molar-refractivity contribution >= 4 is 17.3 Å². The van der Waals surface area contributed by atoms with E-state index in [0.717, 1.165) is 17.0 Å². The highest BCUT2D eigenvalue weighted by atomic mass is 16.6. The Morgan fingerprint density at radius 2 is 1.95 bits per heavy atom. The summed E-state index contributed by atoms with van der Waals surface area (Å²) >= 11 is 0. The van der Waals surface area contributed by atoms with Crippen molar-refractivity contribution in [1.29, 1.82) is 10.5 Å². The van der Waals surface area contributed by atoms with Gasteiger partial charge >= 0.3 is 0 Å². The molecule has 0 aliphatic heterocycles. The van der Waals surface area contributed by atoms with Gasteiger partial charge in [0.25, 0.3) is 11.6 Å². The first-order chi connectivity index (χ1) is 9.01. The Hall–Kier alpha value is -3.13. The molecule has 0 bridgehead atoms. The Labute approximate surface area is 108 Å². The quantitative estimate of drug-likeness (QED) is 0.365. The van der Waals surface area contributed by atoms with Crippen LogP contribution >= 0.6 is 0 Å². The van der Waals surface area contributed by atoms with Gasteiger partial charge in [-0.3, -0.25) is 14.9 Å². The summed E-state index contributed by atoms with van der Waals surface area (Å²) < 4.78 is 0. The van der Waals surface area contributed by atoms with Gasteiger partial charge in [0.2, 0.25) is 0 Å². The van der Waals surface area contributed by atoms with Gasteiger partial charge in [-0.25, -0.2) is 0 Å². The van der Waals surface area contributed by atoms with E-state index in [9.17, 15) is 14.9 Å². The highest BCUT2D eigenvalue weighted by molar-refractivity contribution is 5.96. The zero-order valence-corrected chi connectivity index (χ0v) is 9.74. The van der Waals surface area contributed by atoms with Crippen molar-refractivity contribution in [3.05, 3.63) is 33.9 Å². The van der Waals surface area contributed by atoms with Crippen LogP contribution in [0.15, 0.2) is 18.2 Å². The van der Waals surface area contributed by atoms with E-state index in [1.54, 1.807) is 12.1 Å². The monoisotopic (exact) mass is 259 g/mol. The lowest BCUT2D eigenvalue weighted by Crippen LogP contribution is -2.31. The molecule has 8 heteroatoms. The van der Waals surface area contributed by atoms with E-state index < -0.39 is 10.8 Å². The second-order valence-electron chi connectivity index (χ2n) is 3.51. The summed E-state index contributed by atoms with van der Waals surface area (Å²) in [5, 5.41) is 27.7. The fraction of sp³-hybridized carbons (Fsp3) is 0.182. The SMILES string of the molecule is N#CCN(CC#N)C(=O)c1ccc([N+](=O)[O-])c(N)c1. The zero-order valence-electron chi connectivity index (χ0n) is 9.74. The number of hydrogen-bond acceptors (Lipinski definition) is 6. The number of nitrogens with zero attached hydrogens (tertiary/aromatic N) is 4. The molecule has 1 aromatic rings. The number of rotatable bonds is 4. The van der Waals surface area contributed by atoms with Gasteiger partial charge < -0.3 is 10.6 Å². The molecule has 0 fully saturated rings. The Morgan fingerprint density at radius 1 is 1.37 bits per heavy atom. The van der Waals surface area contributed by atoms with Crippen molar-refractivity contribution in [1.82, 2.24) is 4.90 Å². The van der Waals surface area contributed by atoms with Gasteiger partial charge in [0.15, 0.2) is 0 Å². The number of amides is 1. The van der Waals surface area contributed by atoms with Crippen LogP contribution in [-0.4, -0.2) is 28.8 Å². The highest BCUT2D eigenvalue weighted by Crippen LogP contribution is 2.22. The maximum absolute atomic E-state index is 12.0. The van der Waals surface area contributed by atoms with Crippen LogP contribution in [0.4, 0.5) is 11.4 Å². The summed E-state index contributed by atoms with van der Waals surface area (Å²) in [5.41, 5.74) is 5.11. The van der Waals surface area contributed by atoms with Crippen LogP contribution < -0.4 is 5.73 Å². The highest BCUT2D eigenvalue weighted by Gasteiger charge is 2.18. The first kappa shape index (κ1) is 13.9. The number of nitriles is 2. The Morgan fingerprint density at radius 3 is 2.37 bits per heavy atom. The summed E-state index contributed by atoms with van der Waals surface area (Å²) in [5.74, 6) is -0.579. The third kappa shape index (κ3) is 3.17. The molecule has 2 N–H and O–H groups in total. The molecule has 8 nitrogen and oxygen atoms in total. The molecule has 0 saturated carbocycles. The lowest BCUT2D eigenvalue weighted by Gasteiger charge is -2.15. The van der Waals surface area contributed by atoms with Crippen molar-refractivity contribution in [2.24, 2.45) is 0 Å². The summed E-state index contributed by atoms with van der Waals surface area (Å²) in [6, 6.07) is 7.02. The Balaban J connectivity index is 3.07. The molecule has 19 heavy (non-hydrogen) atoms. The predicted molar refractivity (Wildman–Crippen MR) is 64.6 cm³/mol. The number of nitrogen functional groups attached to an aromatic ring is 1. The second-order valence-corrected chi connectivity index (χ2v) is 3.51. The van der Waals surface area contributed by atoms with Crippen molar-refractivity contribution in [2.45, 2.75) is 0 Å². The lowest BCUT2D eigenvalue weighted by molar-refractivity contribution is -0.383. The smallest absolute Gasteiger partial charge is 0.292 e. The second kappa shape index (κ2) is 5.98. The van der Waals surface area contributed by atoms with E-state index in [1.165, 1.54) is 6.07 Å². The maximum atomic E-state index is 12.0. The van der Waals surface area contributed by atoms with Crippen molar-refractivity contribution in [3.63, 3.8) is 0 Å². The van der Waals surface area contributed by atoms with Crippen LogP contribution in [0.5, 0.6) is 0 Å². The number of benzene rings is 1. The average Bonchev–Trinajstić information content (AvgIpc) is 2.37. The van der Waals surface area contributed by atoms with Crippen LogP contribution in [0.2, 0.25) is 0 Å². The Kier molecular flexibility index (Phi) is 4.39. The molecule has 1 amide bonds. The van der Waals surface area contributed by atoms with Crippen molar-refractivity contribution < 1.29 is 9.72 Å². The lowest BCUT2D eigenvalue weighted by atomic mass is 10.1. The molecule has 1 aromatic carbocycles. The molecule has 0 unspecified atom stereocenters. The minimum Gasteiger partial charge on any atom is -0.393 e. The molecule has 0 aliphatic rings. The summed E-state index contributed by atoms with van der Waals surface area (Å²) in [7, 11) is 0. The third-order valence-corrected chi connectivity index (χ3v) is 2.28. The standard InChI is InChI=1S/C11H9N5O3/c12-3-5-15(6-4-13)11(17)8-1-2-10(16(18)19)9(14)7-8/h1-2,7H,5-6,14H2. The van der Waals surface area contributed by atoms with Gasteiger partial charge in [0.05, 0.1) is 17.1 Å². The molecule has 0 aromatic heterocycles. The van der Waals surface area contributed by atoms with Gasteiger partial charge in [-0.1, -0.05) is 0 Å². The van der Waals surface area contributed by atoms with Crippen LogP contribution in [0.1, 0.15) is 10.4 Å². The van der Waals surface area contributed by atoms with Gasteiger partial charge in [0.1, 0.15) is 18.8 Å². The van der Waals surface area contributed by atoms with E-state index >= 15 is 0 Å². The Bertz CT molecular complexity index is 583. The molecular formula is C11H9N5O3. The largest absolute Gasteiger partial charge is 0.393 e. The number of nitro benzene ring substituents is 1. The van der Waals surface area contributed by atoms with Gasteiger partial charge in [-0.2, -0.15) is 10.5 Å². The third-order valence-electron chi connectivity index (χ3n) is 2.28. The van der Waals surface area contributed by atoms with Crippen LogP contribution in [0, 0.1) is 32.8 Å². The van der Waals surface area contributed by atoms with Crippen molar-refractivity contribution in [2.75, 3.05) is 18.8 Å². The van der Waals surface area contributed by atoms with Crippen LogP contribution in [-0.2, 0) is 0 Å². The first-order valence-corrected chi connectivity index (χ1v) is 5.08. The number of carbonyl (C=O) groups excluding carboxylic acids is 1. The molecule has 96 valence electrons. The van der Waals surface area contributed by atoms with Crippen LogP contribution in [0.3, 0.4) is 0 Å². The summed E-state index contributed by atoms with van der Waals surface area (Å²) in [4.78, 5) is 22.9. The van der Waals surface area contributed by atoms with Gasteiger partial charge in [-0.15, -0.1) is 0 Å². The number of nitrogens with two attached hydrogens (primary N) is 1. The molecule has 0 saturated heterocycles. The van der Waals surface area contributed by atoms with Crippen LogP contribution in [0.25, 0.3) is 0 Å². The predicted octanol–water partition coefficient (Wildman–Crippen LogP) is 0.666. The van der Waals surface area contributed by atoms with Crippen molar-refractivity contribution in [3.8, 4) is 12.1 Å². The summed E-state index contributed by atoms with van der Waals surface area (Å²) in [6.45, 7) is -0.493. The molecule has 0 radical (unpaired) electrons. The minimum atomic E-state index is -0.661. The van der Waals surface area contributed by atoms with Gasteiger partial charge in [0, 0.05) is 11.6 Å².